The topological polar surface area (TPSA) is 153 Å². The maximum atomic E-state index is 13.9. The number of nitrogens with one attached hydrogen (secondary N) is 4. The van der Waals surface area contributed by atoms with E-state index >= 15 is 0 Å². The van der Waals surface area contributed by atoms with Crippen molar-refractivity contribution in [1.82, 2.24) is 20.8 Å². The van der Waals surface area contributed by atoms with Crippen LogP contribution >= 0.6 is 18.6 Å². The van der Waals surface area contributed by atoms with Crippen molar-refractivity contribution in [2.75, 3.05) is 55.5 Å². The summed E-state index contributed by atoms with van der Waals surface area (Å²) in [6, 6.07) is 9.37. The average molecular weight is 842 g/mol. The van der Waals surface area contributed by atoms with E-state index in [9.17, 15) is 14.7 Å². The van der Waals surface area contributed by atoms with Crippen molar-refractivity contribution in [2.45, 2.75) is 91.7 Å². The first-order valence-corrected chi connectivity index (χ1v) is 25.0. The molecule has 1 amide bonds. The van der Waals surface area contributed by atoms with E-state index in [0.717, 1.165) is 59.2 Å². The van der Waals surface area contributed by atoms with Gasteiger partial charge in [-0.1, -0.05) is 44.7 Å². The van der Waals surface area contributed by atoms with E-state index in [1.54, 1.807) is 12.1 Å². The van der Waals surface area contributed by atoms with E-state index < -0.39 is 13.2 Å². The Balaban J connectivity index is 1.22. The number of thiazole rings is 1. The second-order valence-electron chi connectivity index (χ2n) is 18.3. The number of anilines is 2. The Hall–Kier alpha value is -4.22. The number of hydrogen-bond acceptors (Lipinski definition) is 10. The molecule has 2 bridgehead atoms. The minimum absolute atomic E-state index is 0.0672. The van der Waals surface area contributed by atoms with Gasteiger partial charge < -0.3 is 4.90 Å². The SMILES string of the molecule is C=C/C=C\c1nc(NC(=O)c2cccc3c2CN(c2ccc(/C(C=N)=C(\C)NCC4(C)CC5(C)CC(ONC)(C4)C[PH](C)(CC)C5)c(C(=O)O)n2)CC3)sc1C(C)CC. The zero-order chi connectivity index (χ0) is 42.8. The Morgan fingerprint density at radius 1 is 1.14 bits per heavy atom. The predicted molar refractivity (Wildman–Crippen MR) is 247 cm³/mol. The van der Waals surface area contributed by atoms with Gasteiger partial charge in [0.25, 0.3) is 5.91 Å². The van der Waals surface area contributed by atoms with Crippen molar-refractivity contribution >= 4 is 59.3 Å². The largest absolute Gasteiger partial charge is 0.101 e. The van der Waals surface area contributed by atoms with Crippen LogP contribution in [0.5, 0.6) is 0 Å². The predicted octanol–water partition coefficient (Wildman–Crippen LogP) is 9.23. The number of carbonyl (C=O) groups excluding carboxylic acids is 1. The first-order valence-electron chi connectivity index (χ1n) is 21.0. The fraction of sp³-hybridized carbons (Fsp3) is 0.500. The third-order valence-electron chi connectivity index (χ3n) is 13.0. The Morgan fingerprint density at radius 3 is 2.59 bits per heavy atom. The van der Waals surface area contributed by atoms with Gasteiger partial charge in [0.1, 0.15) is 0 Å². The van der Waals surface area contributed by atoms with Crippen molar-refractivity contribution in [3.05, 3.63) is 93.3 Å². The minimum Gasteiger partial charge on any atom is -0.101 e. The van der Waals surface area contributed by atoms with Crippen LogP contribution in [0.4, 0.5) is 10.9 Å². The van der Waals surface area contributed by atoms with E-state index in [1.807, 2.05) is 55.3 Å². The van der Waals surface area contributed by atoms with Crippen LogP contribution in [-0.2, 0) is 17.8 Å². The zero-order valence-corrected chi connectivity index (χ0v) is 38.0. The number of hydroxylamine groups is 1. The van der Waals surface area contributed by atoms with Gasteiger partial charge in [-0.2, -0.15) is 0 Å². The van der Waals surface area contributed by atoms with Gasteiger partial charge in [-0.25, -0.2) is 4.98 Å². The fourth-order valence-corrected chi connectivity index (χ4v) is 16.7. The van der Waals surface area contributed by atoms with Crippen LogP contribution in [0.15, 0.2) is 54.8 Å². The Kier molecular flexibility index (Phi) is 13.4. The summed E-state index contributed by atoms with van der Waals surface area (Å²) in [6.45, 7) is 21.3. The van der Waals surface area contributed by atoms with Gasteiger partial charge in [0.05, 0.1) is 5.69 Å². The summed E-state index contributed by atoms with van der Waals surface area (Å²) in [4.78, 5) is 45.7. The number of amides is 1. The maximum Gasteiger partial charge on any atom is 0.0367 e. The molecule has 2 aliphatic heterocycles. The monoisotopic (exact) mass is 841 g/mol. The summed E-state index contributed by atoms with van der Waals surface area (Å²) in [5.41, 5.74) is 7.80. The molecule has 4 unspecified atom stereocenters. The van der Waals surface area contributed by atoms with Gasteiger partial charge in [0.15, 0.2) is 5.13 Å². The molecule has 5 N–H and O–H groups in total. The molecule has 0 spiro atoms. The number of allylic oxidation sites excluding steroid dienone is 4. The van der Waals surface area contributed by atoms with E-state index in [-0.39, 0.29) is 28.0 Å². The molecule has 2 fully saturated rings. The number of benzene rings is 1. The van der Waals surface area contributed by atoms with Gasteiger partial charge in [-0.05, 0) is 42.0 Å². The molecular formula is C46H64N7O4PS. The van der Waals surface area contributed by atoms with Gasteiger partial charge in [0.2, 0.25) is 0 Å². The summed E-state index contributed by atoms with van der Waals surface area (Å²) >= 11 is 1.49. The van der Waals surface area contributed by atoms with E-state index in [1.165, 1.54) is 29.9 Å². The van der Waals surface area contributed by atoms with Crippen LogP contribution < -0.4 is 21.0 Å². The first kappa shape index (κ1) is 44.3. The molecule has 2 aromatic heterocycles. The molecule has 1 aliphatic carbocycles. The van der Waals surface area contributed by atoms with Crippen molar-refractivity contribution in [1.29, 1.82) is 5.41 Å². The van der Waals surface area contributed by atoms with Crippen molar-refractivity contribution in [3.63, 3.8) is 0 Å². The van der Waals surface area contributed by atoms with Crippen molar-refractivity contribution in [2.24, 2.45) is 10.8 Å². The molecule has 1 aromatic carbocycles. The normalized spacial score (nSPS) is 25.1. The van der Waals surface area contributed by atoms with Crippen LogP contribution in [0.2, 0.25) is 0 Å². The summed E-state index contributed by atoms with van der Waals surface area (Å²) < 4.78 is 0. The molecule has 59 heavy (non-hydrogen) atoms. The van der Waals surface area contributed by atoms with Crippen LogP contribution in [0, 0.1) is 16.2 Å². The minimum atomic E-state index is -1.46. The molecule has 1 saturated heterocycles. The third-order valence-corrected chi connectivity index (χ3v) is 19.2. The third kappa shape index (κ3) is 9.57. The molecule has 4 atom stereocenters. The number of pyridine rings is 1. The van der Waals surface area contributed by atoms with Crippen LogP contribution in [0.1, 0.15) is 121 Å². The maximum absolute atomic E-state index is 13.9. The molecule has 6 rings (SSSR count). The van der Waals surface area contributed by atoms with Crippen molar-refractivity contribution < 1.29 is 19.5 Å². The Bertz CT molecular complexity index is 2170. The van der Waals surface area contributed by atoms with Gasteiger partial charge >= 0.3 is 198 Å². The number of carbonyl (C=O) groups is 2. The number of hydrogen-bond donors (Lipinski definition) is 5. The van der Waals surface area contributed by atoms with Crippen LogP contribution in [0.25, 0.3) is 11.6 Å². The number of fused-ring (bicyclic) bond motifs is 3. The number of nitrogens with zero attached hydrogens (tertiary/aromatic N) is 3. The van der Waals surface area contributed by atoms with Crippen LogP contribution in [0.3, 0.4) is 0 Å². The second kappa shape index (κ2) is 17.8. The quantitative estimate of drug-likeness (QED) is 0.0411. The van der Waals surface area contributed by atoms with Gasteiger partial charge in [0, 0.05) is 23.5 Å². The molecule has 0 radical (unpaired) electrons. The molecule has 13 heteroatoms. The van der Waals surface area contributed by atoms with E-state index in [0.29, 0.717) is 59.6 Å². The number of carboxylic acids is 1. The van der Waals surface area contributed by atoms with E-state index in [4.69, 9.17) is 20.2 Å². The summed E-state index contributed by atoms with van der Waals surface area (Å²) in [5, 5.41) is 26.2. The molecule has 1 saturated carbocycles. The molecule has 3 aliphatic rings. The molecular weight excluding hydrogens is 778 g/mol. The van der Waals surface area contributed by atoms with Crippen LogP contribution in [-0.4, -0.2) is 84.1 Å². The molecule has 11 nitrogen and oxygen atoms in total. The Labute approximate surface area is 355 Å². The Morgan fingerprint density at radius 2 is 1.92 bits per heavy atom. The van der Waals surface area contributed by atoms with E-state index in [2.05, 4.69) is 64.0 Å². The average Bonchev–Trinajstić information content (AvgIpc) is 3.59. The molecule has 4 heterocycles. The number of rotatable bonds is 16. The van der Waals surface area contributed by atoms with Gasteiger partial charge in [-0.15, -0.1) is 11.3 Å². The second-order valence-corrected chi connectivity index (χ2v) is 24.4. The first-order chi connectivity index (χ1) is 28.0. The molecule has 3 aromatic rings. The standard InChI is InChI=1S/C46H64N7O4PS/c1-10-13-17-37-40(30(4)11-2)59-43(50-37)52-41(54)34-16-14-15-32-20-21-53(23-36(32)34)38-19-18-33(39(51-38)42(55)56)35(22-47)31(5)49-27-44(6)24-45(7)26-46(25-44,57-48-8)29-58(9,12-3)28-45/h10,13-19,22,30,47-49,58H,1,11-12,20-21,23-29H2,2-9H3,(H,55,56)(H,50,52,54)/b17-13-,35-31+,47-22?. The fourth-order valence-electron chi connectivity index (χ4n) is 10.8. The number of carboxylic acid groups (broad SMARTS) is 1. The smallest absolute Gasteiger partial charge is 0.0367 e. The summed E-state index contributed by atoms with van der Waals surface area (Å²) in [7, 11) is 0.405. The summed E-state index contributed by atoms with van der Waals surface area (Å²) in [5.74, 6) is -0.606. The zero-order valence-electron chi connectivity index (χ0n) is 36.2. The summed E-state index contributed by atoms with van der Waals surface area (Å²) in [6.07, 6.45) is 15.1. The van der Waals surface area contributed by atoms with Gasteiger partial charge in [-0.3, -0.25) is 10.1 Å². The number of aromatic nitrogens is 2. The molecule has 318 valence electrons. The number of aromatic carboxylic acids is 1. The van der Waals surface area contributed by atoms with Crippen molar-refractivity contribution in [3.8, 4) is 0 Å².